The molecule has 0 fully saturated rings. The van der Waals surface area contributed by atoms with Gasteiger partial charge in [-0.2, -0.15) is 5.10 Å². The normalized spacial score (nSPS) is 11.3. The number of H-pyrrole nitrogens is 1. The minimum absolute atomic E-state index is 0.791. The van der Waals surface area contributed by atoms with Crippen LogP contribution in [0.1, 0.15) is 5.56 Å². The Morgan fingerprint density at radius 1 is 1.14 bits per heavy atom. The number of aryl methyl sites for hydroxylation is 1. The Morgan fingerprint density at radius 2 is 2.05 bits per heavy atom. The van der Waals surface area contributed by atoms with Gasteiger partial charge in [0.15, 0.2) is 0 Å². The van der Waals surface area contributed by atoms with E-state index in [1.165, 1.54) is 16.5 Å². The summed E-state index contributed by atoms with van der Waals surface area (Å²) >= 11 is 0. The summed E-state index contributed by atoms with van der Waals surface area (Å²) in [7, 11) is 2.08. The topological polar surface area (TPSA) is 45.6 Å². The second-order valence-electron chi connectivity index (χ2n) is 5.28. The van der Waals surface area contributed by atoms with Crippen LogP contribution < -0.4 is 5.32 Å². The van der Waals surface area contributed by atoms with Crippen LogP contribution in [0.5, 0.6) is 0 Å². The van der Waals surface area contributed by atoms with Gasteiger partial charge in [0.05, 0.1) is 17.4 Å². The van der Waals surface area contributed by atoms with E-state index in [1.54, 1.807) is 0 Å². The number of aromatic amines is 1. The van der Waals surface area contributed by atoms with Crippen LogP contribution in [0.4, 0.5) is 5.69 Å². The number of nitrogens with zero attached hydrogens (tertiary/aromatic N) is 2. The summed E-state index contributed by atoms with van der Waals surface area (Å²) in [5, 5.41) is 13.1. The van der Waals surface area contributed by atoms with E-state index in [1.807, 2.05) is 12.3 Å². The van der Waals surface area contributed by atoms with Gasteiger partial charge in [-0.05, 0) is 17.7 Å². The second-order valence-corrected chi connectivity index (χ2v) is 5.28. The molecule has 0 bridgehead atoms. The lowest BCUT2D eigenvalue weighted by Gasteiger charge is -2.06. The molecule has 4 aromatic rings. The first kappa shape index (κ1) is 12.0. The van der Waals surface area contributed by atoms with Gasteiger partial charge in [0, 0.05) is 36.1 Å². The molecule has 0 radical (unpaired) electrons. The lowest BCUT2D eigenvalue weighted by Crippen LogP contribution is -1.99. The minimum atomic E-state index is 0.791. The van der Waals surface area contributed by atoms with E-state index in [4.69, 9.17) is 0 Å². The SMILES string of the molecule is Cn1cc(CNc2cccc3cn[nH]c23)c2ccccc21. The molecular weight excluding hydrogens is 260 g/mol. The predicted molar refractivity (Wildman–Crippen MR) is 86.3 cm³/mol. The molecule has 4 nitrogen and oxygen atoms in total. The molecule has 0 atom stereocenters. The quantitative estimate of drug-likeness (QED) is 0.599. The zero-order valence-electron chi connectivity index (χ0n) is 11.8. The van der Waals surface area contributed by atoms with Gasteiger partial charge in [-0.15, -0.1) is 0 Å². The molecule has 0 aliphatic rings. The van der Waals surface area contributed by atoms with Crippen LogP contribution in [0, 0.1) is 0 Å². The van der Waals surface area contributed by atoms with Crippen molar-refractivity contribution in [2.45, 2.75) is 6.54 Å². The molecule has 2 aromatic carbocycles. The predicted octanol–water partition coefficient (Wildman–Crippen LogP) is 3.67. The Morgan fingerprint density at radius 3 is 3.00 bits per heavy atom. The number of anilines is 1. The molecule has 21 heavy (non-hydrogen) atoms. The van der Waals surface area contributed by atoms with Gasteiger partial charge in [0.25, 0.3) is 0 Å². The minimum Gasteiger partial charge on any atom is -0.379 e. The Balaban J connectivity index is 1.68. The molecule has 0 aliphatic heterocycles. The first-order valence-electron chi connectivity index (χ1n) is 7.02. The molecule has 2 N–H and O–H groups in total. The van der Waals surface area contributed by atoms with Crippen molar-refractivity contribution >= 4 is 27.5 Å². The Hall–Kier alpha value is -2.75. The van der Waals surface area contributed by atoms with E-state index in [0.29, 0.717) is 0 Å². The van der Waals surface area contributed by atoms with Crippen molar-refractivity contribution in [3.8, 4) is 0 Å². The highest BCUT2D eigenvalue weighted by molar-refractivity contribution is 5.90. The van der Waals surface area contributed by atoms with E-state index in [-0.39, 0.29) is 0 Å². The van der Waals surface area contributed by atoms with Crippen molar-refractivity contribution in [3.63, 3.8) is 0 Å². The number of para-hydroxylation sites is 2. The Labute approximate surface area is 122 Å². The highest BCUT2D eigenvalue weighted by Crippen LogP contribution is 2.24. The third-order valence-corrected chi connectivity index (χ3v) is 3.93. The highest BCUT2D eigenvalue weighted by Gasteiger charge is 2.07. The molecule has 0 saturated carbocycles. The van der Waals surface area contributed by atoms with Crippen molar-refractivity contribution in [2.75, 3.05) is 5.32 Å². The molecule has 0 saturated heterocycles. The zero-order valence-corrected chi connectivity index (χ0v) is 11.8. The van der Waals surface area contributed by atoms with Gasteiger partial charge in [-0.3, -0.25) is 5.10 Å². The van der Waals surface area contributed by atoms with Crippen LogP contribution >= 0.6 is 0 Å². The van der Waals surface area contributed by atoms with E-state index in [2.05, 4.69) is 69.7 Å². The number of fused-ring (bicyclic) bond motifs is 2. The summed E-state index contributed by atoms with van der Waals surface area (Å²) in [6.45, 7) is 0.791. The number of hydrogen-bond acceptors (Lipinski definition) is 2. The maximum atomic E-state index is 4.10. The van der Waals surface area contributed by atoms with Gasteiger partial charge in [-0.1, -0.05) is 30.3 Å². The Bertz CT molecular complexity index is 917. The van der Waals surface area contributed by atoms with Crippen molar-refractivity contribution < 1.29 is 0 Å². The second kappa shape index (κ2) is 4.66. The standard InChI is InChI=1S/C17H16N4/c1-21-11-13(14-6-2-3-8-16(14)21)9-18-15-7-4-5-12-10-19-20-17(12)15/h2-8,10-11,18H,9H2,1H3,(H,19,20). The van der Waals surface area contributed by atoms with Gasteiger partial charge < -0.3 is 9.88 Å². The summed E-state index contributed by atoms with van der Waals surface area (Å²) in [6.07, 6.45) is 4.03. The summed E-state index contributed by atoms with van der Waals surface area (Å²) in [5.41, 5.74) is 4.69. The van der Waals surface area contributed by atoms with E-state index in [9.17, 15) is 0 Å². The van der Waals surface area contributed by atoms with Crippen LogP contribution in [0.25, 0.3) is 21.8 Å². The molecule has 0 amide bonds. The van der Waals surface area contributed by atoms with Crippen LogP contribution in [0.15, 0.2) is 54.9 Å². The number of rotatable bonds is 3. The molecule has 0 aliphatic carbocycles. The van der Waals surface area contributed by atoms with E-state index in [0.717, 1.165) is 23.1 Å². The third kappa shape index (κ3) is 1.96. The molecule has 0 unspecified atom stereocenters. The van der Waals surface area contributed by atoms with Crippen LogP contribution in [-0.2, 0) is 13.6 Å². The van der Waals surface area contributed by atoms with Crippen molar-refractivity contribution in [3.05, 3.63) is 60.4 Å². The van der Waals surface area contributed by atoms with Gasteiger partial charge in [0.1, 0.15) is 0 Å². The summed E-state index contributed by atoms with van der Waals surface area (Å²) in [6, 6.07) is 14.7. The highest BCUT2D eigenvalue weighted by atomic mass is 15.1. The van der Waals surface area contributed by atoms with Crippen LogP contribution in [-0.4, -0.2) is 14.8 Å². The van der Waals surface area contributed by atoms with Gasteiger partial charge >= 0.3 is 0 Å². The molecule has 2 heterocycles. The first-order valence-corrected chi connectivity index (χ1v) is 7.02. The monoisotopic (exact) mass is 276 g/mol. The number of aromatic nitrogens is 3. The number of benzene rings is 2. The molecule has 4 rings (SSSR count). The molecule has 4 heteroatoms. The summed E-state index contributed by atoms with van der Waals surface area (Å²) in [4.78, 5) is 0. The Kier molecular flexibility index (Phi) is 2.67. The summed E-state index contributed by atoms with van der Waals surface area (Å²) in [5.74, 6) is 0. The molecule has 104 valence electrons. The van der Waals surface area contributed by atoms with E-state index >= 15 is 0 Å². The molecule has 2 aromatic heterocycles. The maximum Gasteiger partial charge on any atom is 0.0881 e. The van der Waals surface area contributed by atoms with Crippen molar-refractivity contribution in [2.24, 2.45) is 7.05 Å². The number of nitrogens with one attached hydrogen (secondary N) is 2. The van der Waals surface area contributed by atoms with Crippen molar-refractivity contribution in [1.29, 1.82) is 0 Å². The van der Waals surface area contributed by atoms with Crippen LogP contribution in [0.3, 0.4) is 0 Å². The molecule has 0 spiro atoms. The molecular formula is C17H16N4. The number of hydrogen-bond donors (Lipinski definition) is 2. The average molecular weight is 276 g/mol. The van der Waals surface area contributed by atoms with Gasteiger partial charge in [-0.25, -0.2) is 0 Å². The van der Waals surface area contributed by atoms with Crippen molar-refractivity contribution in [1.82, 2.24) is 14.8 Å². The maximum absolute atomic E-state index is 4.10. The lowest BCUT2D eigenvalue weighted by atomic mass is 10.1. The fourth-order valence-electron chi connectivity index (χ4n) is 2.87. The smallest absolute Gasteiger partial charge is 0.0881 e. The fourth-order valence-corrected chi connectivity index (χ4v) is 2.87. The zero-order chi connectivity index (χ0) is 14.2. The first-order chi connectivity index (χ1) is 10.3. The average Bonchev–Trinajstić information content (AvgIpc) is 3.11. The van der Waals surface area contributed by atoms with Crippen LogP contribution in [0.2, 0.25) is 0 Å². The lowest BCUT2D eigenvalue weighted by molar-refractivity contribution is 0.956. The van der Waals surface area contributed by atoms with Gasteiger partial charge in [0.2, 0.25) is 0 Å². The fraction of sp³-hybridized carbons (Fsp3) is 0.118. The largest absolute Gasteiger partial charge is 0.379 e. The third-order valence-electron chi connectivity index (χ3n) is 3.93. The summed E-state index contributed by atoms with van der Waals surface area (Å²) < 4.78 is 2.17. The van der Waals surface area contributed by atoms with E-state index < -0.39 is 0 Å².